The van der Waals surface area contributed by atoms with Gasteiger partial charge in [-0.1, -0.05) is 0 Å². The molecule has 0 aromatic carbocycles. The minimum atomic E-state index is -0.0815. The zero-order valence-corrected chi connectivity index (χ0v) is 8.10. The summed E-state index contributed by atoms with van der Waals surface area (Å²) >= 11 is 0. The maximum atomic E-state index is 11.3. The molecule has 4 nitrogen and oxygen atoms in total. The summed E-state index contributed by atoms with van der Waals surface area (Å²) in [5.41, 5.74) is -0.0815. The Hall–Kier alpha value is -0.610. The minimum absolute atomic E-state index is 0.0815. The molecule has 74 valence electrons. The molecule has 2 rings (SSSR count). The summed E-state index contributed by atoms with van der Waals surface area (Å²) in [4.78, 5) is 13.6. The molecule has 2 fully saturated rings. The number of nitrogens with one attached hydrogen (secondary N) is 2. The molecule has 1 amide bonds. The number of rotatable bonds is 0. The van der Waals surface area contributed by atoms with Crippen molar-refractivity contribution in [2.75, 3.05) is 26.7 Å². The van der Waals surface area contributed by atoms with E-state index in [4.69, 9.17) is 0 Å². The van der Waals surface area contributed by atoms with Crippen molar-refractivity contribution < 1.29 is 4.79 Å². The predicted octanol–water partition coefficient (Wildman–Crippen LogP) is -0.482. The number of carbonyl (C=O) groups is 1. The molecule has 2 saturated heterocycles. The Labute approximate surface area is 78.7 Å². The molecular formula is C9H17N3O. The first-order chi connectivity index (χ1) is 6.20. The highest BCUT2D eigenvalue weighted by Crippen LogP contribution is 2.20. The maximum Gasteiger partial charge on any atom is 0.222 e. The van der Waals surface area contributed by atoms with Gasteiger partial charge in [-0.3, -0.25) is 10.1 Å². The minimum Gasteiger partial charge on any atom is -0.338 e. The lowest BCUT2D eigenvalue weighted by atomic mass is 9.95. The zero-order valence-electron chi connectivity index (χ0n) is 8.10. The number of piperidine rings is 1. The zero-order chi connectivity index (χ0) is 9.31. The molecule has 0 atom stereocenters. The second-order valence-electron chi connectivity index (χ2n) is 4.11. The lowest BCUT2D eigenvalue weighted by molar-refractivity contribution is -0.126. The molecule has 0 saturated carbocycles. The lowest BCUT2D eigenvalue weighted by Crippen LogP contribution is -2.66. The van der Waals surface area contributed by atoms with Gasteiger partial charge < -0.3 is 10.2 Å². The number of hydrogen-bond acceptors (Lipinski definition) is 3. The fraction of sp³-hybridized carbons (Fsp3) is 0.889. The Morgan fingerprint density at radius 3 is 2.69 bits per heavy atom. The van der Waals surface area contributed by atoms with Crippen LogP contribution in [0.4, 0.5) is 0 Å². The van der Waals surface area contributed by atoms with E-state index in [-0.39, 0.29) is 11.6 Å². The van der Waals surface area contributed by atoms with Crippen LogP contribution in [0.1, 0.15) is 19.3 Å². The highest BCUT2D eigenvalue weighted by Gasteiger charge is 2.36. The summed E-state index contributed by atoms with van der Waals surface area (Å²) < 4.78 is 0. The van der Waals surface area contributed by atoms with Crippen LogP contribution in [0.15, 0.2) is 0 Å². The van der Waals surface area contributed by atoms with Crippen molar-refractivity contribution in [3.8, 4) is 0 Å². The van der Waals surface area contributed by atoms with Gasteiger partial charge in [-0.05, 0) is 19.9 Å². The van der Waals surface area contributed by atoms with Crippen molar-refractivity contribution in [2.45, 2.75) is 24.9 Å². The third-order valence-electron chi connectivity index (χ3n) is 3.03. The normalized spacial score (nSPS) is 28.8. The smallest absolute Gasteiger partial charge is 0.222 e. The van der Waals surface area contributed by atoms with Gasteiger partial charge in [0.1, 0.15) is 0 Å². The van der Waals surface area contributed by atoms with Gasteiger partial charge >= 0.3 is 0 Å². The van der Waals surface area contributed by atoms with E-state index in [0.717, 1.165) is 32.5 Å². The van der Waals surface area contributed by atoms with Crippen LogP contribution < -0.4 is 10.6 Å². The van der Waals surface area contributed by atoms with Crippen LogP contribution in [-0.4, -0.2) is 43.2 Å². The standard InChI is InChI=1S/C9H17N3O/c1-12-6-3-9(4-7-12)10-5-2-8(13)11-9/h10H,2-7H2,1H3,(H,11,13). The van der Waals surface area contributed by atoms with E-state index >= 15 is 0 Å². The first-order valence-corrected chi connectivity index (χ1v) is 4.95. The molecule has 0 aliphatic carbocycles. The molecule has 13 heavy (non-hydrogen) atoms. The second kappa shape index (κ2) is 3.27. The molecule has 4 heteroatoms. The number of likely N-dealkylation sites (tertiary alicyclic amines) is 1. The van der Waals surface area contributed by atoms with E-state index in [0.29, 0.717) is 6.42 Å². The van der Waals surface area contributed by atoms with Gasteiger partial charge in [0.25, 0.3) is 0 Å². The van der Waals surface area contributed by atoms with Gasteiger partial charge in [0.2, 0.25) is 5.91 Å². The van der Waals surface area contributed by atoms with Gasteiger partial charge in [0, 0.05) is 26.1 Å². The molecule has 0 bridgehead atoms. The monoisotopic (exact) mass is 183 g/mol. The topological polar surface area (TPSA) is 44.4 Å². The van der Waals surface area contributed by atoms with Crippen molar-refractivity contribution in [3.63, 3.8) is 0 Å². The molecule has 2 heterocycles. The highest BCUT2D eigenvalue weighted by atomic mass is 16.2. The first-order valence-electron chi connectivity index (χ1n) is 4.95. The maximum absolute atomic E-state index is 11.3. The summed E-state index contributed by atoms with van der Waals surface area (Å²) in [6.07, 6.45) is 2.67. The number of carbonyl (C=O) groups excluding carboxylic acids is 1. The summed E-state index contributed by atoms with van der Waals surface area (Å²) in [6, 6.07) is 0. The Kier molecular flexibility index (Phi) is 2.26. The van der Waals surface area contributed by atoms with Crippen LogP contribution in [0.3, 0.4) is 0 Å². The van der Waals surface area contributed by atoms with Crippen molar-refractivity contribution in [1.29, 1.82) is 0 Å². The molecule has 1 spiro atoms. The van der Waals surface area contributed by atoms with Gasteiger partial charge in [-0.15, -0.1) is 0 Å². The van der Waals surface area contributed by atoms with Crippen molar-refractivity contribution >= 4 is 5.91 Å². The van der Waals surface area contributed by atoms with Gasteiger partial charge in [0.15, 0.2) is 0 Å². The molecule has 0 aromatic rings. The fourth-order valence-corrected chi connectivity index (χ4v) is 2.09. The summed E-state index contributed by atoms with van der Waals surface area (Å²) in [5, 5.41) is 6.50. The fourth-order valence-electron chi connectivity index (χ4n) is 2.09. The molecule has 0 unspecified atom stereocenters. The van der Waals surface area contributed by atoms with Gasteiger partial charge in [0.05, 0.1) is 5.66 Å². The Morgan fingerprint density at radius 2 is 2.08 bits per heavy atom. The van der Waals surface area contributed by atoms with E-state index in [1.54, 1.807) is 0 Å². The van der Waals surface area contributed by atoms with E-state index in [9.17, 15) is 4.79 Å². The molecule has 0 radical (unpaired) electrons. The first kappa shape index (κ1) is 8.97. The van der Waals surface area contributed by atoms with Crippen molar-refractivity contribution in [1.82, 2.24) is 15.5 Å². The third kappa shape index (κ3) is 1.84. The van der Waals surface area contributed by atoms with E-state index in [1.165, 1.54) is 0 Å². The average Bonchev–Trinajstić information content (AvgIpc) is 2.11. The van der Waals surface area contributed by atoms with Gasteiger partial charge in [-0.2, -0.15) is 0 Å². The van der Waals surface area contributed by atoms with E-state index < -0.39 is 0 Å². The SMILES string of the molecule is CN1CCC2(CC1)NCCC(=O)N2. The van der Waals surface area contributed by atoms with E-state index in [1.807, 2.05) is 0 Å². The average molecular weight is 183 g/mol. The van der Waals surface area contributed by atoms with Crippen LogP contribution in [0.25, 0.3) is 0 Å². The number of amides is 1. The Bertz CT molecular complexity index is 209. The largest absolute Gasteiger partial charge is 0.338 e. The predicted molar refractivity (Wildman–Crippen MR) is 50.2 cm³/mol. The van der Waals surface area contributed by atoms with Crippen LogP contribution in [0.2, 0.25) is 0 Å². The summed E-state index contributed by atoms with van der Waals surface area (Å²) in [6.45, 7) is 2.95. The molecular weight excluding hydrogens is 166 g/mol. The highest BCUT2D eigenvalue weighted by molar-refractivity contribution is 5.77. The summed E-state index contributed by atoms with van der Waals surface area (Å²) in [5.74, 6) is 0.198. The van der Waals surface area contributed by atoms with Crippen LogP contribution >= 0.6 is 0 Å². The van der Waals surface area contributed by atoms with Gasteiger partial charge in [-0.25, -0.2) is 0 Å². The van der Waals surface area contributed by atoms with Crippen LogP contribution in [0.5, 0.6) is 0 Å². The second-order valence-corrected chi connectivity index (χ2v) is 4.11. The Morgan fingerprint density at radius 1 is 1.38 bits per heavy atom. The number of hydrogen-bond donors (Lipinski definition) is 2. The van der Waals surface area contributed by atoms with Crippen molar-refractivity contribution in [3.05, 3.63) is 0 Å². The molecule has 0 aromatic heterocycles. The van der Waals surface area contributed by atoms with Crippen LogP contribution in [-0.2, 0) is 4.79 Å². The molecule has 2 aliphatic heterocycles. The lowest BCUT2D eigenvalue weighted by Gasteiger charge is -2.44. The molecule has 2 aliphatic rings. The quantitative estimate of drug-likeness (QED) is 0.533. The molecule has 2 N–H and O–H groups in total. The van der Waals surface area contributed by atoms with E-state index in [2.05, 4.69) is 22.6 Å². The number of nitrogens with zero attached hydrogens (tertiary/aromatic N) is 1. The Balaban J connectivity index is 1.99. The van der Waals surface area contributed by atoms with Crippen molar-refractivity contribution in [2.24, 2.45) is 0 Å². The third-order valence-corrected chi connectivity index (χ3v) is 3.03. The van der Waals surface area contributed by atoms with Crippen LogP contribution in [0, 0.1) is 0 Å². The summed E-state index contributed by atoms with van der Waals surface area (Å²) in [7, 11) is 2.12.